The van der Waals surface area contributed by atoms with E-state index in [4.69, 9.17) is 0 Å². The quantitative estimate of drug-likeness (QED) is 0.879. The molecule has 0 bridgehead atoms. The lowest BCUT2D eigenvalue weighted by Gasteiger charge is -2.29. The summed E-state index contributed by atoms with van der Waals surface area (Å²) in [5.41, 5.74) is -0.272. The highest BCUT2D eigenvalue weighted by Crippen LogP contribution is 2.32. The highest BCUT2D eigenvalue weighted by atomic mass is 19.4. The molecule has 2 aromatic rings. The van der Waals surface area contributed by atoms with Crippen LogP contribution in [0, 0.1) is 0 Å². The number of alkyl halides is 3. The molecular weight excluding hydrogens is 283 g/mol. The van der Waals surface area contributed by atoms with Gasteiger partial charge in [-0.05, 0) is 51.2 Å². The fraction of sp³-hybridized carbons (Fsp3) is 0.500. The second kappa shape index (κ2) is 4.91. The Morgan fingerprint density at radius 2 is 1.90 bits per heavy atom. The highest BCUT2D eigenvalue weighted by molar-refractivity contribution is 5.76. The topological polar surface area (TPSA) is 41.0 Å². The Morgan fingerprint density at radius 1 is 1.24 bits per heavy atom. The minimum atomic E-state index is -4.40. The fourth-order valence-electron chi connectivity index (χ4n) is 2.91. The van der Waals surface area contributed by atoms with Crippen LogP contribution >= 0.6 is 0 Å². The third kappa shape index (κ3) is 2.57. The second-order valence-corrected chi connectivity index (χ2v) is 5.56. The number of imidazole rings is 1. The van der Waals surface area contributed by atoms with E-state index in [-0.39, 0.29) is 11.7 Å². The van der Waals surface area contributed by atoms with E-state index >= 15 is 0 Å². The van der Waals surface area contributed by atoms with Crippen LogP contribution in [-0.2, 0) is 6.18 Å². The van der Waals surface area contributed by atoms with Gasteiger partial charge >= 0.3 is 11.9 Å². The smallest absolute Gasteiger partial charge is 0.306 e. The van der Waals surface area contributed by atoms with Crippen molar-refractivity contribution in [2.45, 2.75) is 25.1 Å². The predicted molar refractivity (Wildman–Crippen MR) is 73.3 cm³/mol. The van der Waals surface area contributed by atoms with Gasteiger partial charge in [-0.15, -0.1) is 0 Å². The van der Waals surface area contributed by atoms with Crippen LogP contribution < -0.4 is 5.69 Å². The maximum Gasteiger partial charge on any atom is 0.416 e. The van der Waals surface area contributed by atoms with Crippen molar-refractivity contribution in [3.63, 3.8) is 0 Å². The van der Waals surface area contributed by atoms with Crippen LogP contribution in [0.15, 0.2) is 23.0 Å². The van der Waals surface area contributed by atoms with Gasteiger partial charge in [-0.1, -0.05) is 0 Å². The zero-order chi connectivity index (χ0) is 15.2. The number of nitrogens with one attached hydrogen (secondary N) is 1. The van der Waals surface area contributed by atoms with Crippen molar-refractivity contribution in [3.05, 3.63) is 34.2 Å². The lowest BCUT2D eigenvalue weighted by atomic mass is 10.0. The summed E-state index contributed by atoms with van der Waals surface area (Å²) in [7, 11) is 2.00. The Kier molecular flexibility index (Phi) is 3.32. The standard InChI is InChI=1S/C14H16F3N3O/c1-19-6-4-10(5-7-19)20-12-8-9(14(15,16)17)2-3-11(12)18-13(20)21/h2-3,8,10H,4-7H2,1H3,(H,18,21). The Labute approximate surface area is 119 Å². The molecule has 3 rings (SSSR count). The van der Waals surface area contributed by atoms with Crippen molar-refractivity contribution < 1.29 is 13.2 Å². The number of hydrogen-bond acceptors (Lipinski definition) is 2. The number of likely N-dealkylation sites (tertiary alicyclic amines) is 1. The van der Waals surface area contributed by atoms with Crippen LogP contribution in [-0.4, -0.2) is 34.6 Å². The lowest BCUT2D eigenvalue weighted by molar-refractivity contribution is -0.137. The van der Waals surface area contributed by atoms with Crippen LogP contribution in [0.25, 0.3) is 11.0 Å². The summed E-state index contributed by atoms with van der Waals surface area (Å²) >= 11 is 0. The zero-order valence-electron chi connectivity index (χ0n) is 11.6. The normalized spacial score (nSPS) is 18.5. The molecule has 0 atom stereocenters. The minimum Gasteiger partial charge on any atom is -0.306 e. The van der Waals surface area contributed by atoms with Crippen molar-refractivity contribution in [2.75, 3.05) is 20.1 Å². The average molecular weight is 299 g/mol. The van der Waals surface area contributed by atoms with Gasteiger partial charge in [0.1, 0.15) is 0 Å². The summed E-state index contributed by atoms with van der Waals surface area (Å²) in [5, 5.41) is 0. The van der Waals surface area contributed by atoms with E-state index < -0.39 is 11.7 Å². The Bertz CT molecular complexity index is 708. The molecule has 21 heavy (non-hydrogen) atoms. The number of H-pyrrole nitrogens is 1. The molecule has 0 unspecified atom stereocenters. The van der Waals surface area contributed by atoms with E-state index in [1.165, 1.54) is 10.6 Å². The number of fused-ring (bicyclic) bond motifs is 1. The summed E-state index contributed by atoms with van der Waals surface area (Å²) in [4.78, 5) is 16.9. The molecule has 7 heteroatoms. The number of halogens is 3. The summed E-state index contributed by atoms with van der Waals surface area (Å²) in [6.07, 6.45) is -2.88. The molecule has 0 amide bonds. The molecule has 1 aliphatic rings. The molecule has 1 fully saturated rings. The van der Waals surface area contributed by atoms with Crippen LogP contribution in [0.4, 0.5) is 13.2 Å². The van der Waals surface area contributed by atoms with Crippen molar-refractivity contribution in [3.8, 4) is 0 Å². The molecule has 1 saturated heterocycles. The first kappa shape index (κ1) is 14.2. The summed E-state index contributed by atoms with van der Waals surface area (Å²) < 4.78 is 40.0. The third-order valence-corrected chi connectivity index (χ3v) is 4.10. The van der Waals surface area contributed by atoms with Gasteiger partial charge in [0.05, 0.1) is 16.6 Å². The van der Waals surface area contributed by atoms with E-state index in [2.05, 4.69) is 9.88 Å². The van der Waals surface area contributed by atoms with Crippen LogP contribution in [0.3, 0.4) is 0 Å². The molecule has 1 aliphatic heterocycles. The zero-order valence-corrected chi connectivity index (χ0v) is 11.6. The molecule has 0 radical (unpaired) electrons. The highest BCUT2D eigenvalue weighted by Gasteiger charge is 2.31. The number of nitrogens with zero attached hydrogens (tertiary/aromatic N) is 2. The van der Waals surface area contributed by atoms with Crippen LogP contribution in [0.2, 0.25) is 0 Å². The summed E-state index contributed by atoms with van der Waals surface area (Å²) in [5.74, 6) is 0. The summed E-state index contributed by atoms with van der Waals surface area (Å²) in [6, 6.07) is 3.33. The molecule has 4 nitrogen and oxygen atoms in total. The molecule has 1 N–H and O–H groups in total. The van der Waals surface area contributed by atoms with E-state index in [1.807, 2.05) is 7.05 Å². The largest absolute Gasteiger partial charge is 0.416 e. The van der Waals surface area contributed by atoms with Crippen molar-refractivity contribution in [1.29, 1.82) is 0 Å². The van der Waals surface area contributed by atoms with Crippen molar-refractivity contribution in [1.82, 2.24) is 14.5 Å². The molecular formula is C14H16F3N3O. The van der Waals surface area contributed by atoms with Gasteiger partial charge in [0.2, 0.25) is 0 Å². The van der Waals surface area contributed by atoms with Gasteiger partial charge in [-0.3, -0.25) is 4.57 Å². The molecule has 1 aromatic carbocycles. The van der Waals surface area contributed by atoms with Gasteiger partial charge in [-0.2, -0.15) is 13.2 Å². The maximum atomic E-state index is 12.8. The van der Waals surface area contributed by atoms with Gasteiger partial charge in [0, 0.05) is 6.04 Å². The third-order valence-electron chi connectivity index (χ3n) is 4.10. The summed E-state index contributed by atoms with van der Waals surface area (Å²) in [6.45, 7) is 1.67. The predicted octanol–water partition coefficient (Wildman–Crippen LogP) is 2.62. The molecule has 0 spiro atoms. The monoisotopic (exact) mass is 299 g/mol. The Balaban J connectivity index is 2.09. The minimum absolute atomic E-state index is 0.0501. The van der Waals surface area contributed by atoms with Gasteiger partial charge in [0.25, 0.3) is 0 Å². The first-order chi connectivity index (χ1) is 9.86. The van der Waals surface area contributed by atoms with Crippen molar-refractivity contribution in [2.24, 2.45) is 0 Å². The molecule has 1 aromatic heterocycles. The molecule has 2 heterocycles. The number of hydrogen-bond donors (Lipinski definition) is 1. The Hall–Kier alpha value is -1.76. The van der Waals surface area contributed by atoms with Gasteiger partial charge in [-0.25, -0.2) is 4.79 Å². The second-order valence-electron chi connectivity index (χ2n) is 5.56. The van der Waals surface area contributed by atoms with Crippen molar-refractivity contribution >= 4 is 11.0 Å². The molecule has 0 aliphatic carbocycles. The van der Waals surface area contributed by atoms with Crippen LogP contribution in [0.1, 0.15) is 24.4 Å². The van der Waals surface area contributed by atoms with Gasteiger partial charge < -0.3 is 9.88 Å². The SMILES string of the molecule is CN1CCC(n2c(=O)[nH]c3ccc(C(F)(F)F)cc32)CC1. The number of benzene rings is 1. The number of piperidine rings is 1. The first-order valence-electron chi connectivity index (χ1n) is 6.86. The Morgan fingerprint density at radius 3 is 2.52 bits per heavy atom. The van der Waals surface area contributed by atoms with E-state index in [1.54, 1.807) is 0 Å². The lowest BCUT2D eigenvalue weighted by Crippen LogP contribution is -2.34. The van der Waals surface area contributed by atoms with Gasteiger partial charge in [0.15, 0.2) is 0 Å². The van der Waals surface area contributed by atoms with E-state index in [9.17, 15) is 18.0 Å². The number of rotatable bonds is 1. The van der Waals surface area contributed by atoms with E-state index in [0.29, 0.717) is 11.0 Å². The number of aromatic amines is 1. The van der Waals surface area contributed by atoms with Crippen LogP contribution in [0.5, 0.6) is 0 Å². The maximum absolute atomic E-state index is 12.8. The first-order valence-corrected chi connectivity index (χ1v) is 6.86. The number of aromatic nitrogens is 2. The fourth-order valence-corrected chi connectivity index (χ4v) is 2.91. The van der Waals surface area contributed by atoms with E-state index in [0.717, 1.165) is 38.1 Å². The molecule has 0 saturated carbocycles. The average Bonchev–Trinajstić information content (AvgIpc) is 2.74. The molecule has 114 valence electrons.